The maximum absolute atomic E-state index is 12.6. The lowest BCUT2D eigenvalue weighted by Crippen LogP contribution is -2.28. The molecular weight excluding hydrogens is 304 g/mol. The van der Waals surface area contributed by atoms with Crippen molar-refractivity contribution in [3.8, 4) is 11.5 Å². The van der Waals surface area contributed by atoms with E-state index in [0.717, 1.165) is 5.75 Å². The molecular formula is C20H22O4. The lowest BCUT2D eigenvalue weighted by Gasteiger charge is -2.22. The molecule has 0 aliphatic carbocycles. The summed E-state index contributed by atoms with van der Waals surface area (Å²) >= 11 is 0. The maximum Gasteiger partial charge on any atom is 0.306 e. The van der Waals surface area contributed by atoms with Crippen LogP contribution in [0.3, 0.4) is 0 Å². The molecule has 0 unspecified atom stereocenters. The quantitative estimate of drug-likeness (QED) is 0.549. The van der Waals surface area contributed by atoms with Crippen LogP contribution in [0.25, 0.3) is 0 Å². The highest BCUT2D eigenvalue weighted by atomic mass is 16.5. The minimum Gasteiger partial charge on any atom is -0.466 e. The molecule has 4 nitrogen and oxygen atoms in total. The summed E-state index contributed by atoms with van der Waals surface area (Å²) in [6.45, 7) is 5.56. The molecule has 0 N–H and O–H groups in total. The summed E-state index contributed by atoms with van der Waals surface area (Å²) < 4.78 is 10.6. The summed E-state index contributed by atoms with van der Waals surface area (Å²) in [5.41, 5.74) is -0.265. The van der Waals surface area contributed by atoms with Crippen molar-refractivity contribution in [2.75, 3.05) is 6.61 Å². The first-order valence-electron chi connectivity index (χ1n) is 7.96. The Hall–Kier alpha value is -2.62. The van der Waals surface area contributed by atoms with Crippen molar-refractivity contribution in [2.24, 2.45) is 5.41 Å². The third-order valence-electron chi connectivity index (χ3n) is 3.60. The lowest BCUT2D eigenvalue weighted by molar-refractivity contribution is -0.144. The van der Waals surface area contributed by atoms with E-state index in [1.165, 1.54) is 0 Å². The van der Waals surface area contributed by atoms with Gasteiger partial charge in [0.25, 0.3) is 0 Å². The van der Waals surface area contributed by atoms with Gasteiger partial charge in [-0.15, -0.1) is 0 Å². The maximum atomic E-state index is 12.6. The van der Waals surface area contributed by atoms with Crippen molar-refractivity contribution in [3.05, 3.63) is 60.2 Å². The van der Waals surface area contributed by atoms with Crippen LogP contribution >= 0.6 is 0 Å². The third-order valence-corrected chi connectivity index (χ3v) is 3.60. The molecule has 0 aromatic heterocycles. The molecule has 0 spiro atoms. The number of esters is 1. The van der Waals surface area contributed by atoms with E-state index in [9.17, 15) is 9.59 Å². The molecule has 0 saturated carbocycles. The zero-order valence-electron chi connectivity index (χ0n) is 14.2. The molecule has 0 aliphatic heterocycles. The second kappa shape index (κ2) is 7.77. The SMILES string of the molecule is CCOC(=O)CC(C)(C)C(=O)c1ccc(Oc2ccccc2)cc1. The van der Waals surface area contributed by atoms with E-state index in [-0.39, 0.29) is 18.2 Å². The van der Waals surface area contributed by atoms with Gasteiger partial charge in [-0.25, -0.2) is 0 Å². The fraction of sp³-hybridized carbons (Fsp3) is 0.300. The van der Waals surface area contributed by atoms with Crippen molar-refractivity contribution >= 4 is 11.8 Å². The van der Waals surface area contributed by atoms with Gasteiger partial charge in [-0.3, -0.25) is 9.59 Å². The predicted molar refractivity (Wildman–Crippen MR) is 92.3 cm³/mol. The standard InChI is InChI=1S/C20H22O4/c1-4-23-18(21)14-20(2,3)19(22)15-10-12-17(13-11-15)24-16-8-6-5-7-9-16/h5-13H,4,14H2,1-3H3. The highest BCUT2D eigenvalue weighted by Crippen LogP contribution is 2.28. The number of para-hydroxylation sites is 1. The molecule has 0 saturated heterocycles. The van der Waals surface area contributed by atoms with E-state index in [1.54, 1.807) is 45.0 Å². The molecule has 0 heterocycles. The van der Waals surface area contributed by atoms with E-state index in [4.69, 9.17) is 9.47 Å². The van der Waals surface area contributed by atoms with Crippen LogP contribution in [0.4, 0.5) is 0 Å². The Balaban J connectivity index is 2.06. The summed E-state index contributed by atoms with van der Waals surface area (Å²) in [6, 6.07) is 16.4. The number of ether oxygens (including phenoxy) is 2. The summed E-state index contributed by atoms with van der Waals surface area (Å²) in [6.07, 6.45) is 0.0575. The van der Waals surface area contributed by atoms with Crippen LogP contribution in [0.5, 0.6) is 11.5 Å². The number of ketones is 1. The van der Waals surface area contributed by atoms with Crippen LogP contribution in [-0.4, -0.2) is 18.4 Å². The zero-order valence-corrected chi connectivity index (χ0v) is 14.2. The molecule has 0 aliphatic rings. The molecule has 2 aromatic rings. The molecule has 0 bridgehead atoms. The number of carbonyl (C=O) groups excluding carboxylic acids is 2. The first-order valence-corrected chi connectivity index (χ1v) is 7.96. The Morgan fingerprint density at radius 3 is 2.08 bits per heavy atom. The number of Topliss-reactive ketones (excluding diaryl/α,β-unsaturated/α-hetero) is 1. The number of rotatable bonds is 7. The minimum atomic E-state index is -0.811. The van der Waals surface area contributed by atoms with E-state index in [2.05, 4.69) is 0 Å². The fourth-order valence-corrected chi connectivity index (χ4v) is 2.34. The molecule has 4 heteroatoms. The lowest BCUT2D eigenvalue weighted by atomic mass is 9.81. The Morgan fingerprint density at radius 1 is 0.917 bits per heavy atom. The van der Waals surface area contributed by atoms with Crippen LogP contribution in [0, 0.1) is 5.41 Å². The Morgan fingerprint density at radius 2 is 1.50 bits per heavy atom. The number of benzene rings is 2. The molecule has 0 fully saturated rings. The molecule has 0 amide bonds. The van der Waals surface area contributed by atoms with Gasteiger partial charge in [0, 0.05) is 11.0 Å². The smallest absolute Gasteiger partial charge is 0.306 e. The van der Waals surface area contributed by atoms with Gasteiger partial charge in [0.15, 0.2) is 5.78 Å². The van der Waals surface area contributed by atoms with E-state index < -0.39 is 5.41 Å². The molecule has 24 heavy (non-hydrogen) atoms. The van der Waals surface area contributed by atoms with E-state index in [1.807, 2.05) is 30.3 Å². The topological polar surface area (TPSA) is 52.6 Å². The molecule has 0 radical (unpaired) electrons. The van der Waals surface area contributed by atoms with Crippen molar-refractivity contribution < 1.29 is 19.1 Å². The molecule has 2 rings (SSSR count). The third kappa shape index (κ3) is 4.69. The highest BCUT2D eigenvalue weighted by Gasteiger charge is 2.31. The van der Waals surface area contributed by atoms with Crippen molar-refractivity contribution in [2.45, 2.75) is 27.2 Å². The Kier molecular flexibility index (Phi) is 5.74. The van der Waals surface area contributed by atoms with E-state index >= 15 is 0 Å². The van der Waals surface area contributed by atoms with Crippen LogP contribution in [-0.2, 0) is 9.53 Å². The van der Waals surface area contributed by atoms with Gasteiger partial charge in [-0.2, -0.15) is 0 Å². The summed E-state index contributed by atoms with van der Waals surface area (Å²) in [7, 11) is 0. The molecule has 2 aromatic carbocycles. The summed E-state index contributed by atoms with van der Waals surface area (Å²) in [5.74, 6) is 0.932. The van der Waals surface area contributed by atoms with E-state index in [0.29, 0.717) is 17.9 Å². The Labute approximate surface area is 142 Å². The van der Waals surface area contributed by atoms with Crippen molar-refractivity contribution in [1.82, 2.24) is 0 Å². The predicted octanol–water partition coefficient (Wildman–Crippen LogP) is 4.64. The number of hydrogen-bond acceptors (Lipinski definition) is 4. The van der Waals surface area contributed by atoms with Gasteiger partial charge in [0.05, 0.1) is 13.0 Å². The van der Waals surface area contributed by atoms with Crippen molar-refractivity contribution in [1.29, 1.82) is 0 Å². The number of carbonyl (C=O) groups is 2. The first kappa shape index (κ1) is 17.7. The fourth-order valence-electron chi connectivity index (χ4n) is 2.34. The summed E-state index contributed by atoms with van der Waals surface area (Å²) in [5, 5.41) is 0. The average molecular weight is 326 g/mol. The monoisotopic (exact) mass is 326 g/mol. The number of hydrogen-bond donors (Lipinski definition) is 0. The normalized spacial score (nSPS) is 11.0. The van der Waals surface area contributed by atoms with Gasteiger partial charge in [0.1, 0.15) is 11.5 Å². The van der Waals surface area contributed by atoms with Crippen LogP contribution < -0.4 is 4.74 Å². The molecule has 126 valence electrons. The highest BCUT2D eigenvalue weighted by molar-refractivity contribution is 6.01. The van der Waals surface area contributed by atoms with Crippen LogP contribution in [0.15, 0.2) is 54.6 Å². The van der Waals surface area contributed by atoms with Gasteiger partial charge < -0.3 is 9.47 Å². The minimum absolute atomic E-state index is 0.0575. The average Bonchev–Trinajstić information content (AvgIpc) is 2.55. The first-order chi connectivity index (χ1) is 11.4. The summed E-state index contributed by atoms with van der Waals surface area (Å²) in [4.78, 5) is 24.3. The van der Waals surface area contributed by atoms with Gasteiger partial charge in [-0.1, -0.05) is 32.0 Å². The van der Waals surface area contributed by atoms with Crippen LogP contribution in [0.2, 0.25) is 0 Å². The van der Waals surface area contributed by atoms with Gasteiger partial charge >= 0.3 is 5.97 Å². The second-order valence-corrected chi connectivity index (χ2v) is 6.13. The van der Waals surface area contributed by atoms with Crippen molar-refractivity contribution in [3.63, 3.8) is 0 Å². The van der Waals surface area contributed by atoms with Gasteiger partial charge in [-0.05, 0) is 43.3 Å². The Bertz CT molecular complexity index is 687. The molecule has 0 atom stereocenters. The van der Waals surface area contributed by atoms with Gasteiger partial charge in [0.2, 0.25) is 0 Å². The largest absolute Gasteiger partial charge is 0.466 e. The zero-order chi connectivity index (χ0) is 17.6. The second-order valence-electron chi connectivity index (χ2n) is 6.13. The van der Waals surface area contributed by atoms with Crippen LogP contribution in [0.1, 0.15) is 37.6 Å².